The molecule has 1 saturated heterocycles. The minimum Gasteiger partial charge on any atom is -0.383 e. The SMILES string of the molecule is CC(C)(C)C[C@@H](O)C(=O)N[C@@H]1CN(C(=O)c2cccn3cncc23)CC[C@H]1c1cc(F)cc(Cl)c1. The highest BCUT2D eigenvalue weighted by Gasteiger charge is 2.36. The van der Waals surface area contributed by atoms with Crippen LogP contribution in [-0.2, 0) is 4.79 Å². The Balaban J connectivity index is 1.60. The topological polar surface area (TPSA) is 86.9 Å². The quantitative estimate of drug-likeness (QED) is 0.553. The van der Waals surface area contributed by atoms with E-state index in [-0.39, 0.29) is 35.2 Å². The van der Waals surface area contributed by atoms with Crippen molar-refractivity contribution in [3.63, 3.8) is 0 Å². The Bertz CT molecular complexity index is 1220. The predicted octanol–water partition coefficient (Wildman–Crippen LogP) is 4.04. The maximum atomic E-state index is 14.1. The van der Waals surface area contributed by atoms with Gasteiger partial charge in [-0.25, -0.2) is 9.37 Å². The third-order valence-corrected chi connectivity index (χ3v) is 6.55. The molecular weight excluding hydrogens is 471 g/mol. The van der Waals surface area contributed by atoms with Gasteiger partial charge in [0.15, 0.2) is 0 Å². The van der Waals surface area contributed by atoms with E-state index in [2.05, 4.69) is 10.3 Å². The first-order valence-electron chi connectivity index (χ1n) is 11.7. The Labute approximate surface area is 208 Å². The molecule has 0 spiro atoms. The van der Waals surface area contributed by atoms with E-state index in [1.165, 1.54) is 12.1 Å². The second kappa shape index (κ2) is 9.95. The van der Waals surface area contributed by atoms with Crippen molar-refractivity contribution in [1.29, 1.82) is 0 Å². The van der Waals surface area contributed by atoms with Crippen molar-refractivity contribution in [2.75, 3.05) is 13.1 Å². The maximum Gasteiger partial charge on any atom is 0.256 e. The molecular formula is C26H30ClFN4O3. The van der Waals surface area contributed by atoms with Crippen LogP contribution in [0.4, 0.5) is 4.39 Å². The van der Waals surface area contributed by atoms with Gasteiger partial charge in [-0.15, -0.1) is 0 Å². The van der Waals surface area contributed by atoms with Gasteiger partial charge in [0, 0.05) is 30.2 Å². The molecule has 2 amide bonds. The van der Waals surface area contributed by atoms with Crippen molar-refractivity contribution in [3.05, 3.63) is 71.0 Å². The van der Waals surface area contributed by atoms with Gasteiger partial charge in [0.2, 0.25) is 5.91 Å². The Hall–Kier alpha value is -2.97. The molecule has 0 saturated carbocycles. The van der Waals surface area contributed by atoms with Gasteiger partial charge in [-0.05, 0) is 54.2 Å². The van der Waals surface area contributed by atoms with E-state index in [1.807, 2.05) is 27.0 Å². The second-order valence-electron chi connectivity index (χ2n) is 10.4. The fourth-order valence-corrected chi connectivity index (χ4v) is 4.95. The summed E-state index contributed by atoms with van der Waals surface area (Å²) in [6.07, 6.45) is 4.67. The first-order chi connectivity index (χ1) is 16.5. The van der Waals surface area contributed by atoms with E-state index < -0.39 is 23.9 Å². The first kappa shape index (κ1) is 25.1. The number of halogens is 2. The first-order valence-corrected chi connectivity index (χ1v) is 12.0. The van der Waals surface area contributed by atoms with Crippen LogP contribution in [-0.4, -0.2) is 56.4 Å². The van der Waals surface area contributed by atoms with Crippen LogP contribution in [0.2, 0.25) is 5.02 Å². The Kier molecular flexibility index (Phi) is 7.15. The van der Waals surface area contributed by atoms with E-state index in [1.54, 1.807) is 40.0 Å². The van der Waals surface area contributed by atoms with Gasteiger partial charge in [0.05, 0.1) is 29.6 Å². The van der Waals surface area contributed by atoms with Crippen molar-refractivity contribution in [3.8, 4) is 0 Å². The standard InChI is InChI=1S/C26H30ClFN4O3/c1-26(2,3)12-23(33)24(34)30-21-14-31(8-6-19(21)16-9-17(27)11-18(28)10-16)25(35)20-5-4-7-32-15-29-13-22(20)32/h4-5,7,9-11,13,15,19,21,23,33H,6,8,12,14H2,1-3H3,(H,30,34)/t19-,21+,23+/m0/s1. The third kappa shape index (κ3) is 5.82. The molecule has 35 heavy (non-hydrogen) atoms. The van der Waals surface area contributed by atoms with E-state index in [0.717, 1.165) is 0 Å². The highest BCUT2D eigenvalue weighted by atomic mass is 35.5. The zero-order valence-corrected chi connectivity index (χ0v) is 20.8. The van der Waals surface area contributed by atoms with Crippen LogP contribution >= 0.6 is 11.6 Å². The summed E-state index contributed by atoms with van der Waals surface area (Å²) < 4.78 is 15.9. The number of rotatable bonds is 5. The molecule has 0 unspecified atom stereocenters. The zero-order valence-electron chi connectivity index (χ0n) is 20.0. The number of hydrogen-bond donors (Lipinski definition) is 2. The molecule has 3 heterocycles. The number of likely N-dealkylation sites (tertiary alicyclic amines) is 1. The summed E-state index contributed by atoms with van der Waals surface area (Å²) in [6, 6.07) is 7.33. The molecule has 7 nitrogen and oxygen atoms in total. The van der Waals surface area contributed by atoms with E-state index in [4.69, 9.17) is 11.6 Å². The highest BCUT2D eigenvalue weighted by Crippen LogP contribution is 2.32. The van der Waals surface area contributed by atoms with Gasteiger partial charge in [0.25, 0.3) is 5.91 Å². The molecule has 3 atom stereocenters. The lowest BCUT2D eigenvalue weighted by Crippen LogP contribution is -2.55. The summed E-state index contributed by atoms with van der Waals surface area (Å²) in [4.78, 5) is 32.2. The summed E-state index contributed by atoms with van der Waals surface area (Å²) >= 11 is 6.11. The second-order valence-corrected chi connectivity index (χ2v) is 10.8. The Morgan fingerprint density at radius 3 is 2.80 bits per heavy atom. The monoisotopic (exact) mass is 500 g/mol. The lowest BCUT2D eigenvalue weighted by atomic mass is 9.84. The normalized spacial score (nSPS) is 19.5. The highest BCUT2D eigenvalue weighted by molar-refractivity contribution is 6.30. The summed E-state index contributed by atoms with van der Waals surface area (Å²) in [6.45, 7) is 6.46. The third-order valence-electron chi connectivity index (χ3n) is 6.33. The van der Waals surface area contributed by atoms with Gasteiger partial charge >= 0.3 is 0 Å². The number of carbonyl (C=O) groups is 2. The molecule has 1 aliphatic heterocycles. The summed E-state index contributed by atoms with van der Waals surface area (Å²) in [5.41, 5.74) is 1.61. The Morgan fingerprint density at radius 1 is 1.31 bits per heavy atom. The molecule has 1 aliphatic rings. The lowest BCUT2D eigenvalue weighted by Gasteiger charge is -2.40. The molecule has 4 rings (SSSR count). The number of fused-ring (bicyclic) bond motifs is 1. The molecule has 2 aromatic heterocycles. The van der Waals surface area contributed by atoms with Gasteiger partial charge in [0.1, 0.15) is 11.9 Å². The summed E-state index contributed by atoms with van der Waals surface area (Å²) in [5.74, 6) is -1.43. The Morgan fingerprint density at radius 2 is 2.09 bits per heavy atom. The molecule has 3 aromatic rings. The molecule has 1 fully saturated rings. The maximum absolute atomic E-state index is 14.1. The number of pyridine rings is 1. The molecule has 9 heteroatoms. The van der Waals surface area contributed by atoms with E-state index in [0.29, 0.717) is 29.6 Å². The number of piperidine rings is 1. The smallest absolute Gasteiger partial charge is 0.256 e. The number of aliphatic hydroxyl groups is 1. The number of amides is 2. The average molecular weight is 501 g/mol. The minimum atomic E-state index is -1.20. The molecule has 0 radical (unpaired) electrons. The molecule has 2 N–H and O–H groups in total. The van der Waals surface area contributed by atoms with Crippen LogP contribution in [0.15, 0.2) is 49.1 Å². The van der Waals surface area contributed by atoms with Crippen LogP contribution in [0, 0.1) is 11.2 Å². The minimum absolute atomic E-state index is 0.179. The lowest BCUT2D eigenvalue weighted by molar-refractivity contribution is -0.132. The molecule has 0 aliphatic carbocycles. The van der Waals surface area contributed by atoms with Crippen molar-refractivity contribution < 1.29 is 19.1 Å². The van der Waals surface area contributed by atoms with Crippen LogP contribution in [0.25, 0.3) is 5.52 Å². The number of benzene rings is 1. The zero-order chi connectivity index (χ0) is 25.3. The van der Waals surface area contributed by atoms with Crippen molar-refractivity contribution >= 4 is 28.9 Å². The summed E-state index contributed by atoms with van der Waals surface area (Å²) in [7, 11) is 0. The molecule has 0 bridgehead atoms. The van der Waals surface area contributed by atoms with Crippen molar-refractivity contribution in [2.45, 2.75) is 51.7 Å². The largest absolute Gasteiger partial charge is 0.383 e. The van der Waals surface area contributed by atoms with Crippen molar-refractivity contribution in [2.24, 2.45) is 5.41 Å². The van der Waals surface area contributed by atoms with Gasteiger partial charge in [-0.1, -0.05) is 32.4 Å². The summed E-state index contributed by atoms with van der Waals surface area (Å²) in [5, 5.41) is 13.7. The van der Waals surface area contributed by atoms with Gasteiger partial charge in [-0.3, -0.25) is 9.59 Å². The van der Waals surface area contributed by atoms with Crippen LogP contribution < -0.4 is 5.32 Å². The van der Waals surface area contributed by atoms with E-state index in [9.17, 15) is 19.1 Å². The van der Waals surface area contributed by atoms with Crippen LogP contribution in [0.1, 0.15) is 55.5 Å². The van der Waals surface area contributed by atoms with Gasteiger partial charge < -0.3 is 19.7 Å². The molecule has 1 aromatic carbocycles. The number of hydrogen-bond acceptors (Lipinski definition) is 4. The number of nitrogens with one attached hydrogen (secondary N) is 1. The fraction of sp³-hybridized carbons (Fsp3) is 0.423. The number of nitrogens with zero attached hydrogens (tertiary/aromatic N) is 3. The average Bonchev–Trinajstić information content (AvgIpc) is 3.25. The van der Waals surface area contributed by atoms with Crippen LogP contribution in [0.3, 0.4) is 0 Å². The number of imidazole rings is 1. The number of carbonyl (C=O) groups excluding carboxylic acids is 2. The molecule has 186 valence electrons. The number of aliphatic hydroxyl groups excluding tert-OH is 1. The van der Waals surface area contributed by atoms with Crippen LogP contribution in [0.5, 0.6) is 0 Å². The van der Waals surface area contributed by atoms with Crippen molar-refractivity contribution in [1.82, 2.24) is 19.6 Å². The van der Waals surface area contributed by atoms with Gasteiger partial charge in [-0.2, -0.15) is 0 Å². The number of aromatic nitrogens is 2. The van der Waals surface area contributed by atoms with E-state index >= 15 is 0 Å². The fourth-order valence-electron chi connectivity index (χ4n) is 4.72. The predicted molar refractivity (Wildman–Crippen MR) is 132 cm³/mol.